The number of aliphatic carboxylic acids is 1. The molecule has 0 spiro atoms. The molecule has 0 aromatic heterocycles. The van der Waals surface area contributed by atoms with Gasteiger partial charge >= 0.3 is 5.97 Å². The van der Waals surface area contributed by atoms with E-state index < -0.39 is 23.9 Å². The lowest BCUT2D eigenvalue weighted by molar-refractivity contribution is -0.152. The summed E-state index contributed by atoms with van der Waals surface area (Å²) in [4.78, 5) is 25.5. The molecule has 0 saturated carbocycles. The minimum atomic E-state index is -1.18. The number of carbonyl (C=O) groups is 2. The Bertz CT molecular complexity index is 182. The Morgan fingerprint density at radius 1 is 1.42 bits per heavy atom. The second-order valence-corrected chi connectivity index (χ2v) is 3.31. The summed E-state index contributed by atoms with van der Waals surface area (Å²) < 4.78 is 0. The first kappa shape index (κ1) is 10.9. The van der Waals surface area contributed by atoms with E-state index in [1.807, 2.05) is 5.48 Å². The molecule has 0 heterocycles. The number of carboxylic acids is 1. The number of hydrogen-bond acceptors (Lipinski definition) is 3. The number of amides is 1. The van der Waals surface area contributed by atoms with Crippen LogP contribution in [-0.2, 0) is 14.4 Å². The first-order chi connectivity index (χ1) is 5.31. The predicted octanol–water partition coefficient (Wildman–Crippen LogP) is 0.307. The number of nitrogens with one attached hydrogen (secondary N) is 1. The molecule has 0 aromatic rings. The number of carbonyl (C=O) groups excluding carboxylic acids is 1. The fraction of sp³-hybridized carbons (Fsp3) is 0.714. The fourth-order valence-electron chi connectivity index (χ4n) is 0.383. The first-order valence-corrected chi connectivity index (χ1v) is 3.50. The van der Waals surface area contributed by atoms with Crippen molar-refractivity contribution in [2.75, 3.05) is 0 Å². The normalized spacial score (nSPS) is 10.9. The van der Waals surface area contributed by atoms with E-state index in [-0.39, 0.29) is 0 Å². The van der Waals surface area contributed by atoms with E-state index >= 15 is 0 Å². The molecule has 0 radical (unpaired) electrons. The average molecular weight is 175 g/mol. The molecule has 12 heavy (non-hydrogen) atoms. The quantitative estimate of drug-likeness (QED) is 0.478. The molecule has 5 nitrogen and oxygen atoms in total. The number of rotatable bonds is 3. The Hall–Kier alpha value is -1.10. The maximum absolute atomic E-state index is 10.7. The van der Waals surface area contributed by atoms with Gasteiger partial charge in [0.1, 0.15) is 6.42 Å². The van der Waals surface area contributed by atoms with Crippen LogP contribution in [0.2, 0.25) is 0 Å². The van der Waals surface area contributed by atoms with E-state index in [0.717, 1.165) is 0 Å². The molecule has 70 valence electrons. The van der Waals surface area contributed by atoms with Crippen LogP contribution in [0.3, 0.4) is 0 Å². The highest BCUT2D eigenvalue weighted by Crippen LogP contribution is 2.03. The van der Waals surface area contributed by atoms with Crippen molar-refractivity contribution < 1.29 is 19.5 Å². The molecule has 0 aliphatic heterocycles. The molecule has 0 bridgehead atoms. The van der Waals surface area contributed by atoms with Crippen LogP contribution >= 0.6 is 0 Å². The van der Waals surface area contributed by atoms with Gasteiger partial charge in [-0.25, -0.2) is 5.48 Å². The molecular weight excluding hydrogens is 162 g/mol. The number of carboxylic acid groups (broad SMARTS) is 1. The van der Waals surface area contributed by atoms with E-state index in [4.69, 9.17) is 9.94 Å². The highest BCUT2D eigenvalue weighted by molar-refractivity contribution is 5.92. The zero-order valence-electron chi connectivity index (χ0n) is 7.38. The third-order valence-corrected chi connectivity index (χ3v) is 0.783. The van der Waals surface area contributed by atoms with Crippen LogP contribution in [-0.4, -0.2) is 22.6 Å². The van der Waals surface area contributed by atoms with E-state index in [2.05, 4.69) is 0 Å². The summed E-state index contributed by atoms with van der Waals surface area (Å²) in [7, 11) is 0. The lowest BCUT2D eigenvalue weighted by Crippen LogP contribution is -2.34. The van der Waals surface area contributed by atoms with Crippen LogP contribution < -0.4 is 5.48 Å². The molecule has 5 heteroatoms. The van der Waals surface area contributed by atoms with E-state index in [1.165, 1.54) is 0 Å². The van der Waals surface area contributed by atoms with Crippen molar-refractivity contribution in [1.29, 1.82) is 0 Å². The van der Waals surface area contributed by atoms with Crippen molar-refractivity contribution in [3.63, 3.8) is 0 Å². The smallest absolute Gasteiger partial charge is 0.312 e. The molecular formula is C7H13NO4. The monoisotopic (exact) mass is 175 g/mol. The van der Waals surface area contributed by atoms with Gasteiger partial charge in [-0.05, 0) is 20.8 Å². The number of hydroxylamine groups is 1. The fourth-order valence-corrected chi connectivity index (χ4v) is 0.383. The van der Waals surface area contributed by atoms with E-state index in [9.17, 15) is 9.59 Å². The average Bonchev–Trinajstić information content (AvgIpc) is 1.80. The summed E-state index contributed by atoms with van der Waals surface area (Å²) in [5, 5.41) is 8.20. The Balaban J connectivity index is 3.65. The Labute approximate surface area is 70.7 Å². The first-order valence-electron chi connectivity index (χ1n) is 3.50. The van der Waals surface area contributed by atoms with Gasteiger partial charge < -0.3 is 5.11 Å². The second-order valence-electron chi connectivity index (χ2n) is 3.31. The summed E-state index contributed by atoms with van der Waals surface area (Å²) >= 11 is 0. The lowest BCUT2D eigenvalue weighted by Gasteiger charge is -2.18. The second kappa shape index (κ2) is 4.06. The topological polar surface area (TPSA) is 75.6 Å². The molecule has 1 amide bonds. The van der Waals surface area contributed by atoms with Gasteiger partial charge in [-0.1, -0.05) is 0 Å². The molecule has 0 unspecified atom stereocenters. The molecule has 0 aliphatic carbocycles. The van der Waals surface area contributed by atoms with Crippen molar-refractivity contribution in [3.05, 3.63) is 0 Å². The maximum atomic E-state index is 10.7. The zero-order chi connectivity index (χ0) is 9.78. The molecule has 0 saturated heterocycles. The third-order valence-electron chi connectivity index (χ3n) is 0.783. The van der Waals surface area contributed by atoms with Gasteiger partial charge in [-0.3, -0.25) is 14.4 Å². The van der Waals surface area contributed by atoms with Crippen molar-refractivity contribution in [2.45, 2.75) is 32.8 Å². The molecule has 0 fully saturated rings. The van der Waals surface area contributed by atoms with Crippen molar-refractivity contribution in [3.8, 4) is 0 Å². The Morgan fingerprint density at radius 2 is 1.92 bits per heavy atom. The number of hydrogen-bond donors (Lipinski definition) is 2. The van der Waals surface area contributed by atoms with Crippen LogP contribution in [0, 0.1) is 0 Å². The summed E-state index contributed by atoms with van der Waals surface area (Å²) in [6, 6.07) is 0. The van der Waals surface area contributed by atoms with Crippen LogP contribution in [0.1, 0.15) is 27.2 Å². The Kier molecular flexibility index (Phi) is 3.69. The van der Waals surface area contributed by atoms with E-state index in [1.54, 1.807) is 20.8 Å². The van der Waals surface area contributed by atoms with Gasteiger partial charge in [0.25, 0.3) is 5.91 Å². The highest BCUT2D eigenvalue weighted by Gasteiger charge is 2.14. The molecule has 0 aromatic carbocycles. The summed E-state index contributed by atoms with van der Waals surface area (Å²) in [6.45, 7) is 5.23. The van der Waals surface area contributed by atoms with Gasteiger partial charge in [0.15, 0.2) is 0 Å². The summed E-state index contributed by atoms with van der Waals surface area (Å²) in [5.41, 5.74) is 1.53. The van der Waals surface area contributed by atoms with Crippen LogP contribution in [0.4, 0.5) is 0 Å². The minimum Gasteiger partial charge on any atom is -0.481 e. The van der Waals surface area contributed by atoms with Gasteiger partial charge in [-0.2, -0.15) is 0 Å². The maximum Gasteiger partial charge on any atom is 0.312 e. The van der Waals surface area contributed by atoms with Gasteiger partial charge in [0.05, 0.1) is 5.60 Å². The largest absolute Gasteiger partial charge is 0.481 e. The molecule has 0 aliphatic rings. The molecule has 0 atom stereocenters. The van der Waals surface area contributed by atoms with Gasteiger partial charge in [0.2, 0.25) is 0 Å². The summed E-state index contributed by atoms with van der Waals surface area (Å²) in [5.74, 6) is -1.83. The van der Waals surface area contributed by atoms with Crippen molar-refractivity contribution >= 4 is 11.9 Å². The van der Waals surface area contributed by atoms with Crippen LogP contribution in [0.5, 0.6) is 0 Å². The minimum absolute atomic E-state index is 0.506. The predicted molar refractivity (Wildman–Crippen MR) is 41.2 cm³/mol. The zero-order valence-corrected chi connectivity index (χ0v) is 7.38. The van der Waals surface area contributed by atoms with Crippen LogP contribution in [0.25, 0.3) is 0 Å². The van der Waals surface area contributed by atoms with Crippen molar-refractivity contribution in [2.24, 2.45) is 0 Å². The van der Waals surface area contributed by atoms with Gasteiger partial charge in [0, 0.05) is 0 Å². The summed E-state index contributed by atoms with van der Waals surface area (Å²) in [6.07, 6.45) is -0.573. The SMILES string of the molecule is CC(C)(C)ONC(=O)CC(=O)O. The van der Waals surface area contributed by atoms with Gasteiger partial charge in [-0.15, -0.1) is 0 Å². The third kappa shape index (κ3) is 7.01. The highest BCUT2D eigenvalue weighted by atomic mass is 16.7. The van der Waals surface area contributed by atoms with E-state index in [0.29, 0.717) is 0 Å². The van der Waals surface area contributed by atoms with Crippen LogP contribution in [0.15, 0.2) is 0 Å². The van der Waals surface area contributed by atoms with Crippen molar-refractivity contribution in [1.82, 2.24) is 5.48 Å². The standard InChI is InChI=1S/C7H13NO4/c1-7(2,3)12-8-5(9)4-6(10)11/h4H2,1-3H3,(H,8,9)(H,10,11). The Morgan fingerprint density at radius 3 is 2.25 bits per heavy atom. The molecule has 2 N–H and O–H groups in total. The molecule has 0 rings (SSSR count). The lowest BCUT2D eigenvalue weighted by atomic mass is 10.2.